The molecule has 0 bridgehead atoms. The number of thiazole rings is 1. The van der Waals surface area contributed by atoms with Crippen LogP contribution in [0.2, 0.25) is 0 Å². The molecule has 2 aliphatic heterocycles. The SMILES string of the molecule is O=C(c1sc(-c2ccco2)nc1-c1ccccc1)N1CCCC(C2OCCO2)C1. The van der Waals surface area contributed by atoms with Crippen LogP contribution in [0.5, 0.6) is 0 Å². The molecule has 2 aliphatic rings. The normalized spacial score (nSPS) is 20.3. The molecular weight excluding hydrogens is 388 g/mol. The number of rotatable bonds is 4. The smallest absolute Gasteiger partial charge is 0.266 e. The van der Waals surface area contributed by atoms with E-state index in [9.17, 15) is 4.79 Å². The number of nitrogens with zero attached hydrogens (tertiary/aromatic N) is 2. The number of piperidine rings is 1. The first kappa shape index (κ1) is 18.5. The van der Waals surface area contributed by atoms with Crippen molar-refractivity contribution in [2.24, 2.45) is 5.92 Å². The van der Waals surface area contributed by atoms with Crippen LogP contribution >= 0.6 is 11.3 Å². The number of carbonyl (C=O) groups excluding carboxylic acids is 1. The Kier molecular flexibility index (Phi) is 5.18. The van der Waals surface area contributed by atoms with E-state index in [-0.39, 0.29) is 18.1 Å². The predicted octanol–water partition coefficient (Wildman–Crippen LogP) is 4.30. The maximum Gasteiger partial charge on any atom is 0.266 e. The minimum Gasteiger partial charge on any atom is -0.462 e. The van der Waals surface area contributed by atoms with Crippen molar-refractivity contribution in [1.29, 1.82) is 0 Å². The number of likely N-dealkylation sites (tertiary alicyclic amines) is 1. The fourth-order valence-corrected chi connectivity index (χ4v) is 5.00. The Hall–Kier alpha value is -2.48. The highest BCUT2D eigenvalue weighted by atomic mass is 32.1. The molecule has 29 heavy (non-hydrogen) atoms. The summed E-state index contributed by atoms with van der Waals surface area (Å²) < 4.78 is 16.9. The molecule has 1 amide bonds. The molecule has 7 heteroatoms. The molecule has 6 nitrogen and oxygen atoms in total. The Balaban J connectivity index is 1.46. The van der Waals surface area contributed by atoms with Gasteiger partial charge in [0.05, 0.1) is 25.2 Å². The van der Waals surface area contributed by atoms with E-state index in [0.717, 1.165) is 24.9 Å². The van der Waals surface area contributed by atoms with Crippen molar-refractivity contribution in [3.05, 3.63) is 53.6 Å². The molecule has 0 spiro atoms. The standard InChI is InChI=1S/C22H22N2O4S/c25-21(24-10-4-8-16(14-24)22-27-12-13-28-22)19-18(15-6-2-1-3-7-15)23-20(29-19)17-9-5-11-26-17/h1-3,5-7,9,11,16,22H,4,8,10,12-14H2. The topological polar surface area (TPSA) is 64.8 Å². The molecule has 2 saturated heterocycles. The second-order valence-corrected chi connectivity index (χ2v) is 8.30. The van der Waals surface area contributed by atoms with Crippen molar-refractivity contribution in [2.45, 2.75) is 19.1 Å². The quantitative estimate of drug-likeness (QED) is 0.642. The number of furan rings is 1. The number of benzene rings is 1. The summed E-state index contributed by atoms with van der Waals surface area (Å²) in [6, 6.07) is 13.5. The average Bonchev–Trinajstić information content (AvgIpc) is 3.55. The minimum atomic E-state index is -0.195. The van der Waals surface area contributed by atoms with Gasteiger partial charge in [-0.15, -0.1) is 11.3 Å². The molecule has 0 saturated carbocycles. The van der Waals surface area contributed by atoms with Crippen molar-refractivity contribution >= 4 is 17.2 Å². The van der Waals surface area contributed by atoms with Gasteiger partial charge in [-0.25, -0.2) is 4.98 Å². The van der Waals surface area contributed by atoms with E-state index < -0.39 is 0 Å². The Labute approximate surface area is 173 Å². The first-order valence-electron chi connectivity index (χ1n) is 9.92. The zero-order valence-electron chi connectivity index (χ0n) is 16.0. The van der Waals surface area contributed by atoms with Crippen LogP contribution in [0.15, 0.2) is 53.1 Å². The van der Waals surface area contributed by atoms with Gasteiger partial charge in [-0.05, 0) is 25.0 Å². The van der Waals surface area contributed by atoms with Crippen molar-refractivity contribution < 1.29 is 18.7 Å². The van der Waals surface area contributed by atoms with Crippen LogP contribution in [0.25, 0.3) is 22.0 Å². The van der Waals surface area contributed by atoms with E-state index in [2.05, 4.69) is 0 Å². The molecule has 2 aromatic heterocycles. The van der Waals surface area contributed by atoms with Gasteiger partial charge in [0.2, 0.25) is 0 Å². The second kappa shape index (κ2) is 8.10. The van der Waals surface area contributed by atoms with E-state index in [1.807, 2.05) is 47.4 Å². The lowest BCUT2D eigenvalue weighted by molar-refractivity contribution is -0.0968. The van der Waals surface area contributed by atoms with Gasteiger partial charge in [0, 0.05) is 24.6 Å². The third-order valence-electron chi connectivity index (χ3n) is 5.38. The lowest BCUT2D eigenvalue weighted by atomic mass is 9.97. The number of hydrogen-bond acceptors (Lipinski definition) is 6. The number of hydrogen-bond donors (Lipinski definition) is 0. The highest BCUT2D eigenvalue weighted by Crippen LogP contribution is 2.36. The van der Waals surface area contributed by atoms with Crippen LogP contribution in [0.3, 0.4) is 0 Å². The van der Waals surface area contributed by atoms with Crippen molar-refractivity contribution in [3.63, 3.8) is 0 Å². The zero-order valence-corrected chi connectivity index (χ0v) is 16.8. The van der Waals surface area contributed by atoms with Crippen LogP contribution in [-0.2, 0) is 9.47 Å². The van der Waals surface area contributed by atoms with Gasteiger partial charge < -0.3 is 18.8 Å². The first-order valence-corrected chi connectivity index (χ1v) is 10.7. The van der Waals surface area contributed by atoms with Crippen molar-refractivity contribution in [3.8, 4) is 22.0 Å². The summed E-state index contributed by atoms with van der Waals surface area (Å²) in [5.41, 5.74) is 1.64. The first-order chi connectivity index (χ1) is 14.3. The molecule has 1 aromatic carbocycles. The molecular formula is C22H22N2O4S. The average molecular weight is 410 g/mol. The monoisotopic (exact) mass is 410 g/mol. The third-order valence-corrected chi connectivity index (χ3v) is 6.44. The lowest BCUT2D eigenvalue weighted by Crippen LogP contribution is -2.43. The van der Waals surface area contributed by atoms with E-state index in [1.54, 1.807) is 6.26 Å². The summed E-state index contributed by atoms with van der Waals surface area (Å²) >= 11 is 1.39. The molecule has 0 radical (unpaired) electrons. The molecule has 3 aromatic rings. The van der Waals surface area contributed by atoms with Crippen molar-refractivity contribution in [1.82, 2.24) is 9.88 Å². The maximum absolute atomic E-state index is 13.5. The summed E-state index contributed by atoms with van der Waals surface area (Å²) in [5, 5.41) is 0.716. The molecule has 2 fully saturated rings. The highest BCUT2D eigenvalue weighted by molar-refractivity contribution is 7.17. The Morgan fingerprint density at radius 1 is 1.10 bits per heavy atom. The van der Waals surface area contributed by atoms with Gasteiger partial charge in [0.1, 0.15) is 4.88 Å². The second-order valence-electron chi connectivity index (χ2n) is 7.30. The van der Waals surface area contributed by atoms with Gasteiger partial charge >= 0.3 is 0 Å². The van der Waals surface area contributed by atoms with Crippen LogP contribution in [0.4, 0.5) is 0 Å². The van der Waals surface area contributed by atoms with Crippen LogP contribution in [-0.4, -0.2) is 48.4 Å². The molecule has 1 atom stereocenters. The fraction of sp³-hybridized carbons (Fsp3) is 0.364. The maximum atomic E-state index is 13.5. The summed E-state index contributed by atoms with van der Waals surface area (Å²) in [6.45, 7) is 2.65. The van der Waals surface area contributed by atoms with E-state index >= 15 is 0 Å². The predicted molar refractivity (Wildman–Crippen MR) is 110 cm³/mol. The van der Waals surface area contributed by atoms with E-state index in [0.29, 0.717) is 41.1 Å². The molecule has 4 heterocycles. The Morgan fingerprint density at radius 2 is 1.93 bits per heavy atom. The summed E-state index contributed by atoms with van der Waals surface area (Å²) in [5.74, 6) is 0.908. The highest BCUT2D eigenvalue weighted by Gasteiger charge is 2.34. The van der Waals surface area contributed by atoms with Gasteiger partial charge in [0.15, 0.2) is 17.1 Å². The van der Waals surface area contributed by atoms with Gasteiger partial charge in [-0.3, -0.25) is 4.79 Å². The van der Waals surface area contributed by atoms with Crippen LogP contribution < -0.4 is 0 Å². The van der Waals surface area contributed by atoms with Gasteiger partial charge in [-0.1, -0.05) is 30.3 Å². The number of amides is 1. The summed E-state index contributed by atoms with van der Waals surface area (Å²) in [7, 11) is 0. The lowest BCUT2D eigenvalue weighted by Gasteiger charge is -2.34. The van der Waals surface area contributed by atoms with Gasteiger partial charge in [0.25, 0.3) is 5.91 Å². The number of carbonyl (C=O) groups is 1. The molecule has 1 unspecified atom stereocenters. The van der Waals surface area contributed by atoms with Crippen LogP contribution in [0.1, 0.15) is 22.5 Å². The Bertz CT molecular complexity index is 964. The van der Waals surface area contributed by atoms with Gasteiger partial charge in [-0.2, -0.15) is 0 Å². The zero-order chi connectivity index (χ0) is 19.6. The van der Waals surface area contributed by atoms with E-state index in [4.69, 9.17) is 18.9 Å². The summed E-state index contributed by atoms with van der Waals surface area (Å²) in [6.07, 6.45) is 3.39. The molecule has 0 N–H and O–H groups in total. The van der Waals surface area contributed by atoms with E-state index in [1.165, 1.54) is 11.3 Å². The minimum absolute atomic E-state index is 0.0156. The molecule has 150 valence electrons. The fourth-order valence-electron chi connectivity index (χ4n) is 3.97. The molecule has 0 aliphatic carbocycles. The van der Waals surface area contributed by atoms with Crippen molar-refractivity contribution in [2.75, 3.05) is 26.3 Å². The molecule has 5 rings (SSSR count). The largest absolute Gasteiger partial charge is 0.462 e. The van der Waals surface area contributed by atoms with Crippen LogP contribution in [0, 0.1) is 5.92 Å². The number of aromatic nitrogens is 1. The summed E-state index contributed by atoms with van der Waals surface area (Å²) in [4.78, 5) is 20.9. The number of ether oxygens (including phenoxy) is 2. The Morgan fingerprint density at radius 3 is 2.69 bits per heavy atom. The third kappa shape index (κ3) is 3.73.